The lowest BCUT2D eigenvalue weighted by Gasteiger charge is -2.57. The lowest BCUT2D eigenvalue weighted by molar-refractivity contribution is -0.160. The minimum atomic E-state index is 0.0935. The summed E-state index contributed by atoms with van der Waals surface area (Å²) >= 11 is 0. The number of carbonyl (C=O) groups excluding carboxylic acids is 1. The highest BCUT2D eigenvalue weighted by Crippen LogP contribution is 2.60. The van der Waals surface area contributed by atoms with E-state index in [-0.39, 0.29) is 5.41 Å². The maximum absolute atomic E-state index is 13.5. The van der Waals surface area contributed by atoms with Crippen molar-refractivity contribution in [1.29, 1.82) is 0 Å². The van der Waals surface area contributed by atoms with Gasteiger partial charge in [0.1, 0.15) is 0 Å². The Morgan fingerprint density at radius 1 is 0.818 bits per heavy atom. The van der Waals surface area contributed by atoms with Gasteiger partial charge in [0.25, 0.3) is 0 Å². The molecule has 0 aromatic carbocycles. The predicted molar refractivity (Wildman–Crippen MR) is 87.3 cm³/mol. The third-order valence-corrected chi connectivity index (χ3v) is 8.07. The molecular formula is C20H31NO. The molecular weight excluding hydrogens is 270 g/mol. The van der Waals surface area contributed by atoms with Crippen LogP contribution in [0.1, 0.15) is 70.6 Å². The zero-order chi connectivity index (χ0) is 14.7. The predicted octanol–water partition coefficient (Wildman–Crippen LogP) is 4.24. The van der Waals surface area contributed by atoms with Crippen molar-refractivity contribution in [2.45, 2.75) is 70.6 Å². The fourth-order valence-electron chi connectivity index (χ4n) is 7.49. The Balaban J connectivity index is 1.34. The molecule has 4 bridgehead atoms. The standard InChI is InChI=1S/C20H31NO/c22-19(21-6-5-17-3-1-2-4-18(17)13-21)20-10-14-7-15(11-20)9-16(8-14)12-20/h14-18H,1-13H2/t14?,15?,16?,17-,18+,20?/m0/s1. The Morgan fingerprint density at radius 2 is 1.41 bits per heavy atom. The van der Waals surface area contributed by atoms with Gasteiger partial charge in [0.2, 0.25) is 5.91 Å². The fraction of sp³-hybridized carbons (Fsp3) is 0.950. The van der Waals surface area contributed by atoms with E-state index in [0.717, 1.165) is 42.7 Å². The number of nitrogens with zero attached hydrogens (tertiary/aromatic N) is 1. The summed E-state index contributed by atoms with van der Waals surface area (Å²) in [5.74, 6) is 5.04. The van der Waals surface area contributed by atoms with E-state index in [1.807, 2.05) is 0 Å². The Hall–Kier alpha value is -0.530. The molecule has 0 spiro atoms. The van der Waals surface area contributed by atoms with Gasteiger partial charge in [-0.05, 0) is 81.0 Å². The van der Waals surface area contributed by atoms with Crippen molar-refractivity contribution < 1.29 is 4.79 Å². The summed E-state index contributed by atoms with van der Waals surface area (Å²) < 4.78 is 0. The van der Waals surface area contributed by atoms with Crippen LogP contribution in [0, 0.1) is 35.0 Å². The molecule has 6 fully saturated rings. The summed E-state index contributed by atoms with van der Waals surface area (Å²) in [7, 11) is 0. The number of rotatable bonds is 1. The van der Waals surface area contributed by atoms with Gasteiger partial charge in [-0.1, -0.05) is 19.3 Å². The van der Waals surface area contributed by atoms with Crippen LogP contribution in [0.4, 0.5) is 0 Å². The molecule has 122 valence electrons. The molecule has 1 aliphatic heterocycles. The van der Waals surface area contributed by atoms with Gasteiger partial charge in [-0.15, -0.1) is 0 Å². The summed E-state index contributed by atoms with van der Waals surface area (Å²) in [6.07, 6.45) is 15.0. The monoisotopic (exact) mass is 301 g/mol. The average Bonchev–Trinajstić information content (AvgIpc) is 2.52. The quantitative estimate of drug-likeness (QED) is 0.709. The molecule has 6 rings (SSSR count). The number of carbonyl (C=O) groups is 1. The Labute approximate surface area is 135 Å². The minimum Gasteiger partial charge on any atom is -0.342 e. The summed E-state index contributed by atoms with van der Waals surface area (Å²) in [5.41, 5.74) is 0.0935. The highest BCUT2D eigenvalue weighted by molar-refractivity contribution is 5.83. The van der Waals surface area contributed by atoms with Crippen LogP contribution in [0.3, 0.4) is 0 Å². The van der Waals surface area contributed by atoms with Crippen LogP contribution in [-0.4, -0.2) is 23.9 Å². The second-order valence-electron chi connectivity index (χ2n) is 9.54. The lowest BCUT2D eigenvalue weighted by Crippen LogP contribution is -2.57. The molecule has 6 aliphatic rings. The van der Waals surface area contributed by atoms with E-state index in [4.69, 9.17) is 0 Å². The Kier molecular flexibility index (Phi) is 3.14. The van der Waals surface area contributed by atoms with E-state index in [0.29, 0.717) is 5.91 Å². The molecule has 0 N–H and O–H groups in total. The van der Waals surface area contributed by atoms with Crippen LogP contribution >= 0.6 is 0 Å². The first kappa shape index (κ1) is 13.9. The number of likely N-dealkylation sites (tertiary alicyclic amines) is 1. The van der Waals surface area contributed by atoms with Crippen LogP contribution in [0.25, 0.3) is 0 Å². The Morgan fingerprint density at radius 3 is 2.05 bits per heavy atom. The first-order chi connectivity index (χ1) is 10.7. The molecule has 5 saturated carbocycles. The van der Waals surface area contributed by atoms with Gasteiger partial charge in [-0.3, -0.25) is 4.79 Å². The van der Waals surface area contributed by atoms with E-state index < -0.39 is 0 Å². The van der Waals surface area contributed by atoms with Crippen molar-refractivity contribution in [3.63, 3.8) is 0 Å². The zero-order valence-corrected chi connectivity index (χ0v) is 13.9. The zero-order valence-electron chi connectivity index (χ0n) is 13.9. The molecule has 0 aromatic heterocycles. The summed E-state index contributed by atoms with van der Waals surface area (Å²) in [6.45, 7) is 2.17. The summed E-state index contributed by atoms with van der Waals surface area (Å²) in [6, 6.07) is 0. The highest BCUT2D eigenvalue weighted by atomic mass is 16.2. The lowest BCUT2D eigenvalue weighted by atomic mass is 9.49. The third kappa shape index (κ3) is 2.08. The number of amides is 1. The van der Waals surface area contributed by atoms with Gasteiger partial charge in [-0.2, -0.15) is 0 Å². The van der Waals surface area contributed by atoms with Crippen LogP contribution in [0.15, 0.2) is 0 Å². The van der Waals surface area contributed by atoms with Gasteiger partial charge in [-0.25, -0.2) is 0 Å². The second kappa shape index (κ2) is 4.98. The molecule has 1 heterocycles. The largest absolute Gasteiger partial charge is 0.342 e. The first-order valence-corrected chi connectivity index (χ1v) is 10.0. The van der Waals surface area contributed by atoms with Gasteiger partial charge >= 0.3 is 0 Å². The molecule has 0 unspecified atom stereocenters. The van der Waals surface area contributed by atoms with Crippen molar-refractivity contribution in [3.8, 4) is 0 Å². The smallest absolute Gasteiger partial charge is 0.228 e. The number of hydrogen-bond donors (Lipinski definition) is 0. The SMILES string of the molecule is O=C(N1CC[C@@H]2CCCC[C@@H]2C1)C12CC3CC(CC(C3)C1)C2. The van der Waals surface area contributed by atoms with Crippen LogP contribution in [0.2, 0.25) is 0 Å². The van der Waals surface area contributed by atoms with Gasteiger partial charge in [0, 0.05) is 13.1 Å². The van der Waals surface area contributed by atoms with Crippen molar-refractivity contribution in [2.24, 2.45) is 35.0 Å². The molecule has 0 radical (unpaired) electrons. The van der Waals surface area contributed by atoms with Gasteiger partial charge in [0.15, 0.2) is 0 Å². The molecule has 2 heteroatoms. The molecule has 1 saturated heterocycles. The molecule has 22 heavy (non-hydrogen) atoms. The van der Waals surface area contributed by atoms with Gasteiger partial charge < -0.3 is 4.90 Å². The van der Waals surface area contributed by atoms with Crippen molar-refractivity contribution >= 4 is 5.91 Å². The highest BCUT2D eigenvalue weighted by Gasteiger charge is 2.56. The third-order valence-electron chi connectivity index (χ3n) is 8.07. The van der Waals surface area contributed by atoms with Gasteiger partial charge in [0.05, 0.1) is 5.41 Å². The molecule has 1 amide bonds. The fourth-order valence-corrected chi connectivity index (χ4v) is 7.49. The van der Waals surface area contributed by atoms with Crippen molar-refractivity contribution in [1.82, 2.24) is 4.90 Å². The van der Waals surface area contributed by atoms with E-state index in [1.54, 1.807) is 0 Å². The van der Waals surface area contributed by atoms with Crippen LogP contribution in [0.5, 0.6) is 0 Å². The summed E-state index contributed by atoms with van der Waals surface area (Å²) in [5, 5.41) is 0. The van der Waals surface area contributed by atoms with Crippen molar-refractivity contribution in [3.05, 3.63) is 0 Å². The number of hydrogen-bond acceptors (Lipinski definition) is 1. The van der Waals surface area contributed by atoms with E-state index in [1.165, 1.54) is 70.6 Å². The summed E-state index contributed by atoms with van der Waals surface area (Å²) in [4.78, 5) is 15.8. The average molecular weight is 301 g/mol. The Bertz CT molecular complexity index is 435. The molecule has 5 aliphatic carbocycles. The van der Waals surface area contributed by atoms with Crippen LogP contribution in [-0.2, 0) is 4.79 Å². The molecule has 2 nitrogen and oxygen atoms in total. The number of fused-ring (bicyclic) bond motifs is 1. The van der Waals surface area contributed by atoms with Crippen molar-refractivity contribution in [2.75, 3.05) is 13.1 Å². The van der Waals surface area contributed by atoms with E-state index in [2.05, 4.69) is 4.90 Å². The maximum Gasteiger partial charge on any atom is 0.228 e. The molecule has 0 aromatic rings. The molecule has 2 atom stereocenters. The normalized spacial score (nSPS) is 50.0. The number of piperidine rings is 1. The second-order valence-corrected chi connectivity index (χ2v) is 9.54. The van der Waals surface area contributed by atoms with E-state index >= 15 is 0 Å². The minimum absolute atomic E-state index is 0.0935. The topological polar surface area (TPSA) is 20.3 Å². The first-order valence-electron chi connectivity index (χ1n) is 10.0. The maximum atomic E-state index is 13.5. The van der Waals surface area contributed by atoms with Crippen LogP contribution < -0.4 is 0 Å². The van der Waals surface area contributed by atoms with E-state index in [9.17, 15) is 4.79 Å².